The van der Waals surface area contributed by atoms with Crippen LogP contribution < -0.4 is 10.2 Å². The molecule has 0 radical (unpaired) electrons. The predicted octanol–water partition coefficient (Wildman–Crippen LogP) is 2.93. The number of carbonyl (C=O) groups excluding carboxylic acids is 1. The van der Waals surface area contributed by atoms with Gasteiger partial charge >= 0.3 is 0 Å². The lowest BCUT2D eigenvalue weighted by atomic mass is 10.1. The van der Waals surface area contributed by atoms with Crippen LogP contribution in [0.1, 0.15) is 6.92 Å². The van der Waals surface area contributed by atoms with Crippen LogP contribution in [-0.4, -0.2) is 66.8 Å². The molecule has 10 heteroatoms. The van der Waals surface area contributed by atoms with E-state index in [1.165, 1.54) is 6.26 Å². The average molecular weight is 465 g/mol. The summed E-state index contributed by atoms with van der Waals surface area (Å²) in [6, 6.07) is 13.1. The fraction of sp³-hybridized carbons (Fsp3) is 0.261. The Morgan fingerprint density at radius 2 is 1.79 bits per heavy atom. The summed E-state index contributed by atoms with van der Waals surface area (Å²) in [4.78, 5) is 20.6. The molecule has 0 spiro atoms. The first-order valence-electron chi connectivity index (χ1n) is 10.6. The van der Waals surface area contributed by atoms with Crippen LogP contribution in [-0.2, 0) is 14.6 Å². The molecular formula is C23H24N6O3S. The molecule has 0 bridgehead atoms. The van der Waals surface area contributed by atoms with Crippen LogP contribution in [0.25, 0.3) is 21.8 Å². The topological polar surface area (TPSA) is 111 Å². The monoisotopic (exact) mass is 464 g/mol. The van der Waals surface area contributed by atoms with Crippen molar-refractivity contribution in [1.29, 1.82) is 0 Å². The Bertz CT molecular complexity index is 1460. The number of hydrogen-bond acceptors (Lipinski definition) is 7. The lowest BCUT2D eigenvalue weighted by molar-refractivity contribution is -0.129. The molecule has 3 heterocycles. The fourth-order valence-corrected chi connectivity index (χ4v) is 5.20. The zero-order valence-electron chi connectivity index (χ0n) is 18.4. The first-order chi connectivity index (χ1) is 15.8. The number of anilines is 3. The quantitative estimate of drug-likeness (QED) is 0.478. The summed E-state index contributed by atoms with van der Waals surface area (Å²) in [6.07, 6.45) is 2.82. The number of H-pyrrole nitrogens is 1. The second-order valence-electron chi connectivity index (χ2n) is 8.21. The predicted molar refractivity (Wildman–Crippen MR) is 129 cm³/mol. The van der Waals surface area contributed by atoms with Gasteiger partial charge in [0.15, 0.2) is 15.7 Å². The number of fused-ring (bicyclic) bond motifs is 3. The molecule has 0 aliphatic carbocycles. The molecule has 4 aromatic rings. The molecule has 1 amide bonds. The zero-order valence-corrected chi connectivity index (χ0v) is 19.2. The highest BCUT2D eigenvalue weighted by molar-refractivity contribution is 7.91. The molecular weight excluding hydrogens is 440 g/mol. The fourth-order valence-electron chi connectivity index (χ4n) is 4.29. The molecule has 170 valence electrons. The number of nitrogens with one attached hydrogen (secondary N) is 2. The van der Waals surface area contributed by atoms with Crippen molar-refractivity contribution >= 4 is 54.7 Å². The maximum atomic E-state index is 12.3. The Labute approximate surface area is 191 Å². The van der Waals surface area contributed by atoms with Crippen molar-refractivity contribution in [3.63, 3.8) is 0 Å². The van der Waals surface area contributed by atoms with E-state index in [-0.39, 0.29) is 10.8 Å². The van der Waals surface area contributed by atoms with E-state index in [4.69, 9.17) is 0 Å². The normalized spacial score (nSPS) is 14.7. The Morgan fingerprint density at radius 1 is 1.06 bits per heavy atom. The van der Waals surface area contributed by atoms with E-state index in [1.807, 2.05) is 29.2 Å². The van der Waals surface area contributed by atoms with Crippen molar-refractivity contribution in [1.82, 2.24) is 20.1 Å². The molecule has 2 N–H and O–H groups in total. The summed E-state index contributed by atoms with van der Waals surface area (Å²) < 4.78 is 24.6. The molecule has 0 saturated carbocycles. The number of pyridine rings is 1. The van der Waals surface area contributed by atoms with Gasteiger partial charge in [0.25, 0.3) is 0 Å². The molecule has 5 rings (SSSR count). The van der Waals surface area contributed by atoms with E-state index in [0.29, 0.717) is 27.6 Å². The minimum Gasteiger partial charge on any atom is -0.368 e. The lowest BCUT2D eigenvalue weighted by Gasteiger charge is -2.35. The van der Waals surface area contributed by atoms with Crippen LogP contribution in [0.2, 0.25) is 0 Å². The number of hydrogen-bond donors (Lipinski definition) is 2. The van der Waals surface area contributed by atoms with Gasteiger partial charge in [-0.1, -0.05) is 6.07 Å². The van der Waals surface area contributed by atoms with E-state index >= 15 is 0 Å². The van der Waals surface area contributed by atoms with Crippen molar-refractivity contribution in [2.24, 2.45) is 0 Å². The van der Waals surface area contributed by atoms with Crippen molar-refractivity contribution < 1.29 is 13.2 Å². The van der Waals surface area contributed by atoms with Crippen LogP contribution in [0.5, 0.6) is 0 Å². The second kappa shape index (κ2) is 8.04. The Morgan fingerprint density at radius 3 is 2.45 bits per heavy atom. The molecule has 1 aliphatic rings. The maximum absolute atomic E-state index is 12.3. The van der Waals surface area contributed by atoms with Gasteiger partial charge in [-0.25, -0.2) is 13.4 Å². The van der Waals surface area contributed by atoms with E-state index in [2.05, 4.69) is 25.4 Å². The summed E-state index contributed by atoms with van der Waals surface area (Å²) in [6.45, 7) is 4.66. The van der Waals surface area contributed by atoms with Crippen molar-refractivity contribution in [3.05, 3.63) is 48.7 Å². The first kappa shape index (κ1) is 21.2. The van der Waals surface area contributed by atoms with Gasteiger partial charge in [0.05, 0.1) is 16.6 Å². The number of piperazine rings is 1. The molecule has 0 atom stereocenters. The summed E-state index contributed by atoms with van der Waals surface area (Å²) in [7, 11) is -3.42. The Kier molecular flexibility index (Phi) is 5.16. The third kappa shape index (κ3) is 3.97. The summed E-state index contributed by atoms with van der Waals surface area (Å²) in [5.41, 5.74) is 3.17. The van der Waals surface area contributed by atoms with Crippen LogP contribution in [0, 0.1) is 0 Å². The summed E-state index contributed by atoms with van der Waals surface area (Å²) >= 11 is 0. The van der Waals surface area contributed by atoms with E-state index in [9.17, 15) is 13.2 Å². The minimum absolute atomic E-state index is 0.117. The van der Waals surface area contributed by atoms with Gasteiger partial charge in [0, 0.05) is 61.5 Å². The van der Waals surface area contributed by atoms with Crippen molar-refractivity contribution in [2.75, 3.05) is 42.7 Å². The van der Waals surface area contributed by atoms with Crippen LogP contribution >= 0.6 is 0 Å². The second-order valence-corrected chi connectivity index (χ2v) is 10.2. The highest BCUT2D eigenvalue weighted by atomic mass is 32.2. The molecule has 9 nitrogen and oxygen atoms in total. The van der Waals surface area contributed by atoms with E-state index in [1.54, 1.807) is 31.3 Å². The lowest BCUT2D eigenvalue weighted by Crippen LogP contribution is -2.48. The van der Waals surface area contributed by atoms with Gasteiger partial charge in [-0.15, -0.1) is 0 Å². The number of nitrogens with zero attached hydrogens (tertiary/aromatic N) is 4. The molecule has 1 saturated heterocycles. The highest BCUT2D eigenvalue weighted by Crippen LogP contribution is 2.33. The largest absolute Gasteiger partial charge is 0.368 e. The van der Waals surface area contributed by atoms with Crippen LogP contribution in [0.15, 0.2) is 53.6 Å². The third-order valence-electron chi connectivity index (χ3n) is 6.00. The molecule has 2 aromatic heterocycles. The SMILES string of the molecule is CC(=O)N1CCN(c2ccc(Nc3nc4cccc(S(C)(=O)=O)c4c4cn[nH]c34)cc2)CC1. The molecule has 33 heavy (non-hydrogen) atoms. The third-order valence-corrected chi connectivity index (χ3v) is 7.14. The van der Waals surface area contributed by atoms with Gasteiger partial charge in [-0.2, -0.15) is 5.10 Å². The first-order valence-corrected chi connectivity index (χ1v) is 12.5. The number of carbonyl (C=O) groups is 1. The molecule has 2 aromatic carbocycles. The van der Waals surface area contributed by atoms with E-state index < -0.39 is 9.84 Å². The van der Waals surface area contributed by atoms with Crippen molar-refractivity contribution in [3.8, 4) is 0 Å². The average Bonchev–Trinajstić information content (AvgIpc) is 3.29. The number of aromatic nitrogens is 3. The van der Waals surface area contributed by atoms with Crippen LogP contribution in [0.4, 0.5) is 17.2 Å². The minimum atomic E-state index is -3.42. The smallest absolute Gasteiger partial charge is 0.219 e. The Hall–Kier alpha value is -3.66. The zero-order chi connectivity index (χ0) is 23.2. The Balaban J connectivity index is 1.44. The molecule has 1 fully saturated rings. The summed E-state index contributed by atoms with van der Waals surface area (Å²) in [5, 5.41) is 11.7. The van der Waals surface area contributed by atoms with Gasteiger partial charge < -0.3 is 15.1 Å². The van der Waals surface area contributed by atoms with Gasteiger partial charge in [0.1, 0.15) is 5.52 Å². The van der Waals surface area contributed by atoms with Gasteiger partial charge in [0.2, 0.25) is 5.91 Å². The maximum Gasteiger partial charge on any atom is 0.219 e. The van der Waals surface area contributed by atoms with Gasteiger partial charge in [-0.05, 0) is 36.4 Å². The molecule has 1 aliphatic heterocycles. The highest BCUT2D eigenvalue weighted by Gasteiger charge is 2.20. The molecule has 0 unspecified atom stereocenters. The van der Waals surface area contributed by atoms with Crippen LogP contribution in [0.3, 0.4) is 0 Å². The summed E-state index contributed by atoms with van der Waals surface area (Å²) in [5.74, 6) is 0.689. The van der Waals surface area contributed by atoms with Gasteiger partial charge in [-0.3, -0.25) is 9.89 Å². The number of rotatable bonds is 4. The van der Waals surface area contributed by atoms with Crippen molar-refractivity contribution in [2.45, 2.75) is 11.8 Å². The standard InChI is InChI=1S/C23H24N6O3S/c1-15(30)28-10-12-29(13-11-28)17-8-6-16(7-9-17)25-23-22-18(14-24-27-22)21-19(26-23)4-3-5-20(21)33(2,31)32/h3-9,14H,10-13H2,1-2H3,(H,24,27)(H,25,26). The van der Waals surface area contributed by atoms with E-state index in [0.717, 1.165) is 37.6 Å². The number of sulfone groups is 1. The number of aromatic amines is 1. The number of amides is 1. The number of benzene rings is 2.